The van der Waals surface area contributed by atoms with Gasteiger partial charge in [-0.25, -0.2) is 9.97 Å². The number of methoxy groups -OCH3 is 1. The second-order valence-electron chi connectivity index (χ2n) is 4.15. The second kappa shape index (κ2) is 4.71. The number of nitrogens with two attached hydrogens (primary N) is 1. The highest BCUT2D eigenvalue weighted by Gasteiger charge is 2.17. The average Bonchev–Trinajstić information content (AvgIpc) is 2.62. The van der Waals surface area contributed by atoms with Gasteiger partial charge in [-0.3, -0.25) is 4.57 Å². The summed E-state index contributed by atoms with van der Waals surface area (Å²) in [4.78, 5) is 8.84. The van der Waals surface area contributed by atoms with Crippen LogP contribution in [0, 0.1) is 6.92 Å². The van der Waals surface area contributed by atoms with E-state index in [1.54, 1.807) is 7.11 Å². The first-order chi connectivity index (χ1) is 8.17. The number of fused-ring (bicyclic) bond motifs is 1. The van der Waals surface area contributed by atoms with Crippen molar-refractivity contribution in [1.82, 2.24) is 14.5 Å². The Morgan fingerprint density at radius 1 is 1.41 bits per heavy atom. The van der Waals surface area contributed by atoms with E-state index in [-0.39, 0.29) is 6.04 Å². The van der Waals surface area contributed by atoms with Gasteiger partial charge in [0.15, 0.2) is 5.65 Å². The molecule has 5 heteroatoms. The maximum Gasteiger partial charge on any atom is 0.202 e. The first kappa shape index (κ1) is 11.9. The Balaban J connectivity index is 2.57. The molecule has 92 valence electrons. The third kappa shape index (κ3) is 2.10. The molecule has 0 fully saturated rings. The van der Waals surface area contributed by atoms with Crippen LogP contribution >= 0.6 is 0 Å². The Morgan fingerprint density at radius 2 is 2.18 bits per heavy atom. The second-order valence-corrected chi connectivity index (χ2v) is 4.15. The van der Waals surface area contributed by atoms with Gasteiger partial charge in [-0.15, -0.1) is 0 Å². The molecule has 0 radical (unpaired) electrons. The van der Waals surface area contributed by atoms with Crippen molar-refractivity contribution in [3.05, 3.63) is 17.8 Å². The smallest absolute Gasteiger partial charge is 0.202 e. The van der Waals surface area contributed by atoms with Crippen LogP contribution in [0.4, 0.5) is 5.95 Å². The molecule has 2 aromatic heterocycles. The van der Waals surface area contributed by atoms with Crippen LogP contribution < -0.4 is 5.73 Å². The van der Waals surface area contributed by atoms with Gasteiger partial charge >= 0.3 is 0 Å². The van der Waals surface area contributed by atoms with Crippen molar-refractivity contribution in [2.45, 2.75) is 26.3 Å². The molecule has 0 aromatic carbocycles. The number of pyridine rings is 1. The fourth-order valence-electron chi connectivity index (χ4n) is 2.01. The van der Waals surface area contributed by atoms with Crippen LogP contribution in [0.15, 0.2) is 12.1 Å². The number of ether oxygens (including phenoxy) is 1. The number of nitrogens with zero attached hydrogens (tertiary/aromatic N) is 3. The summed E-state index contributed by atoms with van der Waals surface area (Å²) in [7, 11) is 1.69. The van der Waals surface area contributed by atoms with Crippen molar-refractivity contribution in [3.8, 4) is 0 Å². The van der Waals surface area contributed by atoms with Gasteiger partial charge < -0.3 is 10.5 Å². The van der Waals surface area contributed by atoms with E-state index >= 15 is 0 Å². The number of rotatable bonds is 4. The topological polar surface area (TPSA) is 66.0 Å². The fraction of sp³-hybridized carbons (Fsp3) is 0.500. The molecule has 0 spiro atoms. The number of nitrogen functional groups attached to an aromatic ring is 1. The fourth-order valence-corrected chi connectivity index (χ4v) is 2.01. The van der Waals surface area contributed by atoms with Gasteiger partial charge in [-0.05, 0) is 25.5 Å². The highest BCUT2D eigenvalue weighted by molar-refractivity contribution is 5.74. The minimum Gasteiger partial charge on any atom is -0.383 e. The molecule has 17 heavy (non-hydrogen) atoms. The molecule has 0 aliphatic heterocycles. The summed E-state index contributed by atoms with van der Waals surface area (Å²) < 4.78 is 7.18. The van der Waals surface area contributed by atoms with Gasteiger partial charge in [0.1, 0.15) is 5.52 Å². The van der Waals surface area contributed by atoms with Crippen molar-refractivity contribution >= 4 is 17.1 Å². The molecule has 1 atom stereocenters. The largest absolute Gasteiger partial charge is 0.383 e. The number of hydrogen-bond acceptors (Lipinski definition) is 4. The molecular weight excluding hydrogens is 216 g/mol. The number of hydrogen-bond donors (Lipinski definition) is 1. The van der Waals surface area contributed by atoms with Crippen LogP contribution in [-0.2, 0) is 4.74 Å². The van der Waals surface area contributed by atoms with E-state index in [1.807, 2.05) is 23.6 Å². The molecule has 0 saturated heterocycles. The Kier molecular flexibility index (Phi) is 3.28. The minimum atomic E-state index is 0.180. The molecule has 0 aliphatic carbocycles. The van der Waals surface area contributed by atoms with Gasteiger partial charge in [0.05, 0.1) is 12.6 Å². The van der Waals surface area contributed by atoms with Crippen molar-refractivity contribution in [3.63, 3.8) is 0 Å². The van der Waals surface area contributed by atoms with Gasteiger partial charge in [-0.1, -0.05) is 6.92 Å². The highest BCUT2D eigenvalue weighted by atomic mass is 16.5. The molecule has 2 N–H and O–H groups in total. The quantitative estimate of drug-likeness (QED) is 0.877. The lowest BCUT2D eigenvalue weighted by Gasteiger charge is -2.17. The first-order valence-corrected chi connectivity index (χ1v) is 5.77. The summed E-state index contributed by atoms with van der Waals surface area (Å²) >= 11 is 0. The minimum absolute atomic E-state index is 0.180. The Hall–Kier alpha value is -1.62. The molecule has 2 aromatic rings. The summed E-state index contributed by atoms with van der Waals surface area (Å²) in [6.07, 6.45) is 0.930. The normalized spacial score (nSPS) is 13.1. The third-order valence-corrected chi connectivity index (χ3v) is 2.90. The van der Waals surface area contributed by atoms with Crippen LogP contribution in [0.5, 0.6) is 0 Å². The average molecular weight is 234 g/mol. The number of imidazole rings is 1. The van der Waals surface area contributed by atoms with Crippen molar-refractivity contribution < 1.29 is 4.74 Å². The predicted molar refractivity (Wildman–Crippen MR) is 67.9 cm³/mol. The number of aromatic nitrogens is 3. The van der Waals surface area contributed by atoms with Crippen LogP contribution in [0.3, 0.4) is 0 Å². The molecule has 5 nitrogen and oxygen atoms in total. The molecule has 0 amide bonds. The van der Waals surface area contributed by atoms with Gasteiger partial charge in [0.2, 0.25) is 5.95 Å². The zero-order chi connectivity index (χ0) is 12.4. The van der Waals surface area contributed by atoms with Crippen molar-refractivity contribution in [1.29, 1.82) is 0 Å². The molecule has 2 heterocycles. The summed E-state index contributed by atoms with van der Waals surface area (Å²) in [6.45, 7) is 4.68. The zero-order valence-corrected chi connectivity index (χ0v) is 10.5. The number of anilines is 1. The van der Waals surface area contributed by atoms with E-state index in [0.29, 0.717) is 12.6 Å². The maximum absolute atomic E-state index is 5.97. The Morgan fingerprint density at radius 3 is 2.82 bits per heavy atom. The Labute approximate surface area is 101 Å². The molecular formula is C12H18N4O. The zero-order valence-electron chi connectivity index (χ0n) is 10.5. The first-order valence-electron chi connectivity index (χ1n) is 5.77. The molecule has 0 bridgehead atoms. The standard InChI is InChI=1S/C12H18N4O/c1-4-9(7-17-3)16-11-10(15-12(16)13)6-5-8(2)14-11/h5-6,9H,4,7H2,1-3H3,(H2,13,15). The lowest BCUT2D eigenvalue weighted by molar-refractivity contribution is 0.155. The van der Waals surface area contributed by atoms with E-state index in [9.17, 15) is 0 Å². The Bertz CT molecular complexity index is 520. The van der Waals surface area contributed by atoms with Crippen LogP contribution in [0.2, 0.25) is 0 Å². The van der Waals surface area contributed by atoms with Crippen LogP contribution in [-0.4, -0.2) is 28.3 Å². The monoisotopic (exact) mass is 234 g/mol. The number of aryl methyl sites for hydroxylation is 1. The molecule has 2 rings (SSSR count). The SMILES string of the molecule is CCC(COC)n1c(N)nc2ccc(C)nc21. The van der Waals surface area contributed by atoms with Crippen LogP contribution in [0.1, 0.15) is 25.1 Å². The summed E-state index contributed by atoms with van der Waals surface area (Å²) in [6, 6.07) is 4.07. The predicted octanol–water partition coefficient (Wildman–Crippen LogP) is 1.92. The summed E-state index contributed by atoms with van der Waals surface area (Å²) in [5, 5.41) is 0. The van der Waals surface area contributed by atoms with Crippen molar-refractivity contribution in [2.75, 3.05) is 19.5 Å². The van der Waals surface area contributed by atoms with E-state index in [0.717, 1.165) is 23.3 Å². The molecule has 1 unspecified atom stereocenters. The lowest BCUT2D eigenvalue weighted by atomic mass is 10.2. The highest BCUT2D eigenvalue weighted by Crippen LogP contribution is 2.23. The maximum atomic E-state index is 5.97. The summed E-state index contributed by atoms with van der Waals surface area (Å²) in [5.41, 5.74) is 8.61. The molecule has 0 saturated carbocycles. The lowest BCUT2D eigenvalue weighted by Crippen LogP contribution is -2.16. The van der Waals surface area contributed by atoms with Gasteiger partial charge in [0, 0.05) is 12.8 Å². The summed E-state index contributed by atoms with van der Waals surface area (Å²) in [5.74, 6) is 0.502. The van der Waals surface area contributed by atoms with E-state index in [4.69, 9.17) is 10.5 Å². The van der Waals surface area contributed by atoms with Gasteiger partial charge in [0.25, 0.3) is 0 Å². The van der Waals surface area contributed by atoms with Crippen LogP contribution in [0.25, 0.3) is 11.2 Å². The van der Waals surface area contributed by atoms with E-state index in [2.05, 4.69) is 16.9 Å². The van der Waals surface area contributed by atoms with E-state index < -0.39 is 0 Å². The van der Waals surface area contributed by atoms with Crippen molar-refractivity contribution in [2.24, 2.45) is 0 Å². The third-order valence-electron chi connectivity index (χ3n) is 2.90. The molecule has 0 aliphatic rings. The van der Waals surface area contributed by atoms with Gasteiger partial charge in [-0.2, -0.15) is 0 Å². The van der Waals surface area contributed by atoms with E-state index in [1.165, 1.54) is 0 Å².